The van der Waals surface area contributed by atoms with Crippen LogP contribution in [0.4, 0.5) is 4.79 Å². The van der Waals surface area contributed by atoms with E-state index in [1.807, 2.05) is 54.6 Å². The molecule has 0 spiro atoms. The van der Waals surface area contributed by atoms with Gasteiger partial charge in [-0.2, -0.15) is 0 Å². The van der Waals surface area contributed by atoms with E-state index < -0.39 is 89.6 Å². The molecule has 0 saturated carbocycles. The first kappa shape index (κ1) is 47.9. The topological polar surface area (TPSA) is 221 Å². The molecule has 4 rings (SSSR count). The number of hydrogen-bond donors (Lipinski definition) is 5. The number of carboxylic acid groups (broad SMARTS) is 1. The molecule has 2 aromatic rings. The number of carboxylic acids is 1. The summed E-state index contributed by atoms with van der Waals surface area (Å²) in [5, 5.41) is 19.8. The van der Waals surface area contributed by atoms with E-state index >= 15 is 0 Å². The largest absolute Gasteiger partial charge is 0.481 e. The second-order valence-electron chi connectivity index (χ2n) is 16.6. The number of carbonyl (C=O) groups is 8. The van der Waals surface area contributed by atoms with E-state index in [-0.39, 0.29) is 38.1 Å². The Kier molecular flexibility index (Phi) is 17.8. The predicted molar refractivity (Wildman–Crippen MR) is 225 cm³/mol. The maximum Gasteiger partial charge on any atom is 0.410 e. The van der Waals surface area contributed by atoms with Gasteiger partial charge in [-0.1, -0.05) is 95.6 Å². The van der Waals surface area contributed by atoms with Gasteiger partial charge in [-0.3, -0.25) is 33.6 Å². The van der Waals surface area contributed by atoms with Crippen LogP contribution < -0.4 is 21.3 Å². The third-order valence-electron chi connectivity index (χ3n) is 11.1. The molecule has 2 aromatic carbocycles. The van der Waals surface area contributed by atoms with Crippen molar-refractivity contribution in [3.8, 4) is 0 Å². The number of Topliss-reactive ketones (excluding diaryl/α,β-unsaturated/α-hetero) is 1. The van der Waals surface area contributed by atoms with Gasteiger partial charge in [0.05, 0.1) is 18.6 Å². The lowest BCUT2D eigenvalue weighted by molar-refractivity contribution is -0.144. The minimum atomic E-state index is -1.24. The summed E-state index contributed by atoms with van der Waals surface area (Å²) in [4.78, 5) is 109. The van der Waals surface area contributed by atoms with Crippen molar-refractivity contribution in [1.82, 2.24) is 31.1 Å². The van der Waals surface area contributed by atoms with Crippen molar-refractivity contribution >= 4 is 47.4 Å². The highest BCUT2D eigenvalue weighted by Gasteiger charge is 2.46. The van der Waals surface area contributed by atoms with Crippen molar-refractivity contribution in [2.24, 2.45) is 11.8 Å². The highest BCUT2D eigenvalue weighted by Crippen LogP contribution is 2.26. The lowest BCUT2D eigenvalue weighted by Crippen LogP contribution is -2.59. The molecular weight excluding hydrogens is 785 g/mol. The Morgan fingerprint density at radius 3 is 2.07 bits per heavy atom. The molecule has 16 heteroatoms. The van der Waals surface area contributed by atoms with Gasteiger partial charge in [-0.25, -0.2) is 4.79 Å². The molecule has 2 aliphatic rings. The van der Waals surface area contributed by atoms with Gasteiger partial charge in [-0.15, -0.1) is 0 Å². The molecule has 0 aromatic heterocycles. The summed E-state index contributed by atoms with van der Waals surface area (Å²) in [7, 11) is 0. The zero-order valence-corrected chi connectivity index (χ0v) is 36.1. The zero-order valence-electron chi connectivity index (χ0n) is 36.1. The number of likely N-dealkylation sites (tertiary alicyclic amines) is 1. The van der Waals surface area contributed by atoms with Crippen molar-refractivity contribution in [2.75, 3.05) is 13.1 Å². The van der Waals surface area contributed by atoms with E-state index in [0.29, 0.717) is 38.8 Å². The monoisotopic (exact) mass is 846 g/mol. The molecule has 61 heavy (non-hydrogen) atoms. The molecular formula is C45H62N6O10. The summed E-state index contributed by atoms with van der Waals surface area (Å²) in [6, 6.07) is 11.7. The Morgan fingerprint density at radius 2 is 1.43 bits per heavy atom. The number of unbranched alkanes of at least 4 members (excludes halogenated alkanes) is 1. The lowest BCUT2D eigenvalue weighted by atomic mass is 9.98. The van der Waals surface area contributed by atoms with E-state index in [4.69, 9.17) is 9.84 Å². The van der Waals surface area contributed by atoms with Gasteiger partial charge < -0.3 is 40.9 Å². The second-order valence-corrected chi connectivity index (χ2v) is 16.6. The average Bonchev–Trinajstić information content (AvgIpc) is 3.66. The highest BCUT2D eigenvalue weighted by atomic mass is 16.6. The molecule has 2 aliphatic heterocycles. The van der Waals surface area contributed by atoms with Crippen LogP contribution in [-0.2, 0) is 51.3 Å². The van der Waals surface area contributed by atoms with Crippen LogP contribution in [0.15, 0.2) is 54.6 Å². The summed E-state index contributed by atoms with van der Waals surface area (Å²) in [6.07, 6.45) is 0.123. The number of hydrogen-bond acceptors (Lipinski definition) is 9. The number of ether oxygens (including phenoxy) is 1. The summed E-state index contributed by atoms with van der Waals surface area (Å²) in [6.45, 7) is 11.0. The van der Waals surface area contributed by atoms with Crippen LogP contribution in [0.25, 0.3) is 0 Å². The average molecular weight is 847 g/mol. The van der Waals surface area contributed by atoms with Crippen LogP contribution >= 0.6 is 0 Å². The third-order valence-corrected chi connectivity index (χ3v) is 11.1. The molecule has 16 nitrogen and oxygen atoms in total. The van der Waals surface area contributed by atoms with Crippen LogP contribution in [0.1, 0.15) is 109 Å². The molecule has 332 valence electrons. The minimum absolute atomic E-state index is 0.0141. The SMILES string of the molecule is CCCC(NC(=O)C1CC(OC(=O)N2CCc3ccccc3C2)CN1C(=O)[C@@H](NC(=O)[C@@H](NC(=O)CCCCC(=O)O)C(C)C)C(C)C)C(=O)C(=O)N[C@@H](C)c1ccccc1. The number of rotatable bonds is 20. The Bertz CT molecular complexity index is 1890. The van der Waals surface area contributed by atoms with E-state index in [1.165, 1.54) is 4.90 Å². The summed E-state index contributed by atoms with van der Waals surface area (Å²) in [5.41, 5.74) is 2.91. The standard InChI is InChI=1S/C45H62N6O10/c1-7-15-34(40(55)43(58)46-29(6)30-16-9-8-10-17-30)47-41(56)35-24-33(61-45(60)50-23-22-31-18-11-12-19-32(31)25-50)26-51(35)44(59)39(28(4)5)49-42(57)38(27(2)3)48-36(52)20-13-14-21-37(53)54/h8-12,16-19,27-29,33-35,38-39H,7,13-15,20-26H2,1-6H3,(H,46,58)(H,47,56)(H,48,52)(H,49,57)(H,53,54)/t29-,33?,34?,35?,38-,39-/m0/s1. The smallest absolute Gasteiger partial charge is 0.410 e. The Morgan fingerprint density at radius 1 is 0.787 bits per heavy atom. The van der Waals surface area contributed by atoms with Gasteiger partial charge in [0.25, 0.3) is 5.91 Å². The predicted octanol–water partition coefficient (Wildman–Crippen LogP) is 3.81. The number of ketones is 1. The molecule has 5 N–H and O–H groups in total. The first-order chi connectivity index (χ1) is 29.0. The first-order valence-corrected chi connectivity index (χ1v) is 21.3. The fourth-order valence-electron chi connectivity index (χ4n) is 7.60. The number of carbonyl (C=O) groups excluding carboxylic acids is 7. The molecule has 0 bridgehead atoms. The molecule has 6 amide bonds. The highest BCUT2D eigenvalue weighted by molar-refractivity contribution is 6.38. The third kappa shape index (κ3) is 13.6. The fraction of sp³-hybridized carbons (Fsp3) is 0.556. The second kappa shape index (κ2) is 22.7. The van der Waals surface area contributed by atoms with Crippen molar-refractivity contribution in [3.63, 3.8) is 0 Å². The first-order valence-electron chi connectivity index (χ1n) is 21.3. The molecule has 2 heterocycles. The number of benzene rings is 2. The quantitative estimate of drug-likeness (QED) is 0.0959. The van der Waals surface area contributed by atoms with E-state index in [1.54, 1.807) is 46.4 Å². The maximum absolute atomic E-state index is 14.6. The Hall–Kier alpha value is -5.80. The van der Waals surface area contributed by atoms with Crippen molar-refractivity contribution in [2.45, 2.75) is 136 Å². The van der Waals surface area contributed by atoms with Crippen LogP contribution in [0, 0.1) is 11.8 Å². The Balaban J connectivity index is 1.54. The maximum atomic E-state index is 14.6. The molecule has 1 fully saturated rings. The van der Waals surface area contributed by atoms with Crippen LogP contribution in [0.2, 0.25) is 0 Å². The van der Waals surface area contributed by atoms with Gasteiger partial charge in [-0.05, 0) is 61.1 Å². The van der Waals surface area contributed by atoms with Crippen molar-refractivity contribution in [1.29, 1.82) is 0 Å². The van der Waals surface area contributed by atoms with E-state index in [2.05, 4.69) is 21.3 Å². The fourth-order valence-corrected chi connectivity index (χ4v) is 7.60. The van der Waals surface area contributed by atoms with E-state index in [0.717, 1.165) is 16.7 Å². The molecule has 1 saturated heterocycles. The normalized spacial score (nSPS) is 18.0. The van der Waals surface area contributed by atoms with Crippen LogP contribution in [0.3, 0.4) is 0 Å². The number of aliphatic carboxylic acids is 1. The van der Waals surface area contributed by atoms with Gasteiger partial charge in [0.1, 0.15) is 24.2 Å². The van der Waals surface area contributed by atoms with Crippen LogP contribution in [-0.4, -0.2) is 106 Å². The van der Waals surface area contributed by atoms with Gasteiger partial charge in [0, 0.05) is 32.4 Å². The van der Waals surface area contributed by atoms with Crippen molar-refractivity contribution < 1.29 is 48.2 Å². The zero-order chi connectivity index (χ0) is 44.8. The summed E-state index contributed by atoms with van der Waals surface area (Å²) < 4.78 is 5.95. The number of nitrogens with one attached hydrogen (secondary N) is 4. The summed E-state index contributed by atoms with van der Waals surface area (Å²) >= 11 is 0. The van der Waals surface area contributed by atoms with Gasteiger partial charge in [0.15, 0.2) is 0 Å². The van der Waals surface area contributed by atoms with E-state index in [9.17, 15) is 38.4 Å². The van der Waals surface area contributed by atoms with Gasteiger partial charge in [0.2, 0.25) is 29.4 Å². The minimum Gasteiger partial charge on any atom is -0.481 e. The molecule has 0 aliphatic carbocycles. The molecule has 3 unspecified atom stereocenters. The Labute approximate surface area is 357 Å². The number of amides is 6. The number of nitrogens with zero attached hydrogens (tertiary/aromatic N) is 2. The summed E-state index contributed by atoms with van der Waals surface area (Å²) in [5.74, 6) is -6.00. The van der Waals surface area contributed by atoms with Crippen LogP contribution in [0.5, 0.6) is 0 Å². The van der Waals surface area contributed by atoms with Gasteiger partial charge >= 0.3 is 12.1 Å². The number of fused-ring (bicyclic) bond motifs is 1. The molecule has 6 atom stereocenters. The van der Waals surface area contributed by atoms with Crippen molar-refractivity contribution in [3.05, 3.63) is 71.3 Å². The lowest BCUT2D eigenvalue weighted by Gasteiger charge is -2.32. The molecule has 0 radical (unpaired) electrons.